The molecule has 0 atom stereocenters. The third-order valence-electron chi connectivity index (χ3n) is 3.03. The highest BCUT2D eigenvalue weighted by Crippen LogP contribution is 2.18. The molecule has 0 bridgehead atoms. The standard InChI is InChI=1S/C16H20N2O3/c1-18(2)10-12-6-4-5-7-15(12)17-9-14-8-13(11-21-14)16(19)20-3/h4-8,11,17H,9-10H2,1-3H3. The van der Waals surface area contributed by atoms with E-state index < -0.39 is 5.97 Å². The summed E-state index contributed by atoms with van der Waals surface area (Å²) >= 11 is 0. The topological polar surface area (TPSA) is 54.7 Å². The molecule has 0 radical (unpaired) electrons. The maximum atomic E-state index is 11.4. The van der Waals surface area contributed by atoms with Crippen molar-refractivity contribution in [1.29, 1.82) is 0 Å². The van der Waals surface area contributed by atoms with E-state index in [0.717, 1.165) is 12.2 Å². The van der Waals surface area contributed by atoms with E-state index in [1.807, 2.05) is 32.3 Å². The van der Waals surface area contributed by atoms with Crippen molar-refractivity contribution in [2.75, 3.05) is 26.5 Å². The van der Waals surface area contributed by atoms with Gasteiger partial charge in [0.05, 0.1) is 19.2 Å². The lowest BCUT2D eigenvalue weighted by atomic mass is 10.1. The van der Waals surface area contributed by atoms with Crippen molar-refractivity contribution in [3.05, 3.63) is 53.5 Å². The number of esters is 1. The lowest BCUT2D eigenvalue weighted by molar-refractivity contribution is 0.0600. The van der Waals surface area contributed by atoms with Gasteiger partial charge in [0.15, 0.2) is 0 Å². The number of carbonyl (C=O) groups excluding carboxylic acids is 1. The van der Waals surface area contributed by atoms with E-state index >= 15 is 0 Å². The second-order valence-corrected chi connectivity index (χ2v) is 5.04. The number of para-hydroxylation sites is 1. The monoisotopic (exact) mass is 288 g/mol. The lowest BCUT2D eigenvalue weighted by Crippen LogP contribution is -2.12. The van der Waals surface area contributed by atoms with Crippen LogP contribution in [0.1, 0.15) is 21.7 Å². The number of hydrogen-bond acceptors (Lipinski definition) is 5. The van der Waals surface area contributed by atoms with Crippen molar-refractivity contribution in [2.24, 2.45) is 0 Å². The van der Waals surface area contributed by atoms with Crippen LogP contribution in [-0.2, 0) is 17.8 Å². The minimum atomic E-state index is -0.391. The molecule has 0 aliphatic carbocycles. The van der Waals surface area contributed by atoms with Gasteiger partial charge in [-0.3, -0.25) is 0 Å². The summed E-state index contributed by atoms with van der Waals surface area (Å²) < 4.78 is 10.0. The van der Waals surface area contributed by atoms with Crippen LogP contribution in [-0.4, -0.2) is 32.1 Å². The Morgan fingerprint density at radius 1 is 1.33 bits per heavy atom. The lowest BCUT2D eigenvalue weighted by Gasteiger charge is -2.14. The van der Waals surface area contributed by atoms with Gasteiger partial charge in [-0.15, -0.1) is 0 Å². The minimum Gasteiger partial charge on any atom is -0.467 e. The van der Waals surface area contributed by atoms with E-state index in [-0.39, 0.29) is 0 Å². The number of benzene rings is 1. The maximum absolute atomic E-state index is 11.4. The van der Waals surface area contributed by atoms with Crippen LogP contribution in [0.2, 0.25) is 0 Å². The van der Waals surface area contributed by atoms with Crippen LogP contribution in [0.15, 0.2) is 41.0 Å². The average Bonchev–Trinajstić information content (AvgIpc) is 2.94. The third-order valence-corrected chi connectivity index (χ3v) is 3.03. The highest BCUT2D eigenvalue weighted by Gasteiger charge is 2.10. The average molecular weight is 288 g/mol. The molecular weight excluding hydrogens is 268 g/mol. The maximum Gasteiger partial charge on any atom is 0.341 e. The molecular formula is C16H20N2O3. The first-order valence-electron chi connectivity index (χ1n) is 6.72. The molecule has 1 aromatic heterocycles. The first-order chi connectivity index (χ1) is 10.1. The number of rotatable bonds is 6. The van der Waals surface area contributed by atoms with E-state index in [2.05, 4.69) is 21.0 Å². The quantitative estimate of drug-likeness (QED) is 0.828. The number of nitrogens with zero attached hydrogens (tertiary/aromatic N) is 1. The highest BCUT2D eigenvalue weighted by molar-refractivity contribution is 5.89. The third kappa shape index (κ3) is 4.10. The summed E-state index contributed by atoms with van der Waals surface area (Å²) in [5.74, 6) is 0.299. The van der Waals surface area contributed by atoms with E-state index in [1.165, 1.54) is 18.9 Å². The summed E-state index contributed by atoms with van der Waals surface area (Å²) in [4.78, 5) is 13.5. The fourth-order valence-corrected chi connectivity index (χ4v) is 2.05. The Hall–Kier alpha value is -2.27. The summed E-state index contributed by atoms with van der Waals surface area (Å²) in [5.41, 5.74) is 2.69. The number of anilines is 1. The molecule has 0 spiro atoms. The molecule has 2 rings (SSSR count). The predicted octanol–water partition coefficient (Wildman–Crippen LogP) is 2.74. The van der Waals surface area contributed by atoms with Gasteiger partial charge in [0, 0.05) is 12.2 Å². The van der Waals surface area contributed by atoms with Crippen LogP contribution in [0.5, 0.6) is 0 Å². The Bertz CT molecular complexity index is 605. The SMILES string of the molecule is COC(=O)c1coc(CNc2ccccc2CN(C)C)c1. The summed E-state index contributed by atoms with van der Waals surface area (Å²) in [6, 6.07) is 9.82. The first kappa shape index (κ1) is 15.1. The van der Waals surface area contributed by atoms with Crippen molar-refractivity contribution in [1.82, 2.24) is 4.90 Å². The molecule has 0 amide bonds. The van der Waals surface area contributed by atoms with Gasteiger partial charge in [-0.2, -0.15) is 0 Å². The van der Waals surface area contributed by atoms with Crippen molar-refractivity contribution in [2.45, 2.75) is 13.1 Å². The fraction of sp³-hybridized carbons (Fsp3) is 0.312. The molecule has 21 heavy (non-hydrogen) atoms. The minimum absolute atomic E-state index is 0.391. The molecule has 0 saturated heterocycles. The smallest absolute Gasteiger partial charge is 0.341 e. The van der Waals surface area contributed by atoms with Gasteiger partial charge in [0.1, 0.15) is 12.0 Å². The number of carbonyl (C=O) groups is 1. The second-order valence-electron chi connectivity index (χ2n) is 5.04. The van der Waals surface area contributed by atoms with Gasteiger partial charge in [-0.1, -0.05) is 18.2 Å². The molecule has 2 aromatic rings. The molecule has 112 valence electrons. The summed E-state index contributed by atoms with van der Waals surface area (Å²) in [6.07, 6.45) is 1.41. The van der Waals surface area contributed by atoms with Gasteiger partial charge >= 0.3 is 5.97 Å². The fourth-order valence-electron chi connectivity index (χ4n) is 2.05. The summed E-state index contributed by atoms with van der Waals surface area (Å²) in [5, 5.41) is 3.33. The largest absolute Gasteiger partial charge is 0.467 e. The Labute approximate surface area is 124 Å². The number of hydrogen-bond donors (Lipinski definition) is 1. The zero-order valence-electron chi connectivity index (χ0n) is 12.6. The molecule has 5 heteroatoms. The van der Waals surface area contributed by atoms with Crippen LogP contribution < -0.4 is 5.32 Å². The molecule has 1 aromatic carbocycles. The van der Waals surface area contributed by atoms with Gasteiger partial charge in [0.2, 0.25) is 0 Å². The zero-order chi connectivity index (χ0) is 15.2. The predicted molar refractivity (Wildman–Crippen MR) is 81.2 cm³/mol. The number of methoxy groups -OCH3 is 1. The van der Waals surface area contributed by atoms with Crippen molar-refractivity contribution in [3.8, 4) is 0 Å². The number of ether oxygens (including phenoxy) is 1. The van der Waals surface area contributed by atoms with E-state index in [0.29, 0.717) is 17.9 Å². The second kappa shape index (κ2) is 6.95. The molecule has 0 saturated carbocycles. The van der Waals surface area contributed by atoms with Crippen LogP contribution >= 0.6 is 0 Å². The number of nitrogens with one attached hydrogen (secondary N) is 1. The summed E-state index contributed by atoms with van der Waals surface area (Å²) in [7, 11) is 5.42. The van der Waals surface area contributed by atoms with Crippen molar-refractivity contribution < 1.29 is 13.9 Å². The highest BCUT2D eigenvalue weighted by atomic mass is 16.5. The molecule has 0 aliphatic rings. The van der Waals surface area contributed by atoms with E-state index in [9.17, 15) is 4.79 Å². The Morgan fingerprint density at radius 2 is 2.10 bits per heavy atom. The van der Waals surface area contributed by atoms with Gasteiger partial charge in [-0.25, -0.2) is 4.79 Å². The van der Waals surface area contributed by atoms with E-state index in [4.69, 9.17) is 4.42 Å². The van der Waals surface area contributed by atoms with Crippen LogP contribution in [0, 0.1) is 0 Å². The Balaban J connectivity index is 2.03. The molecule has 0 fully saturated rings. The van der Waals surface area contributed by atoms with Crippen LogP contribution in [0.25, 0.3) is 0 Å². The molecule has 0 aliphatic heterocycles. The van der Waals surface area contributed by atoms with Gasteiger partial charge in [0.25, 0.3) is 0 Å². The van der Waals surface area contributed by atoms with Crippen LogP contribution in [0.4, 0.5) is 5.69 Å². The molecule has 0 unspecified atom stereocenters. The Kier molecular flexibility index (Phi) is 5.00. The Morgan fingerprint density at radius 3 is 2.81 bits per heavy atom. The first-order valence-corrected chi connectivity index (χ1v) is 6.72. The van der Waals surface area contributed by atoms with Crippen molar-refractivity contribution >= 4 is 11.7 Å². The van der Waals surface area contributed by atoms with E-state index in [1.54, 1.807) is 6.07 Å². The summed E-state index contributed by atoms with van der Waals surface area (Å²) in [6.45, 7) is 1.37. The molecule has 1 N–H and O–H groups in total. The normalized spacial score (nSPS) is 10.7. The molecule has 5 nitrogen and oxygen atoms in total. The zero-order valence-corrected chi connectivity index (χ0v) is 12.6. The van der Waals surface area contributed by atoms with Crippen LogP contribution in [0.3, 0.4) is 0 Å². The van der Waals surface area contributed by atoms with Gasteiger partial charge in [-0.05, 0) is 31.8 Å². The van der Waals surface area contributed by atoms with Gasteiger partial charge < -0.3 is 19.4 Å². The number of furan rings is 1. The molecule has 1 heterocycles. The van der Waals surface area contributed by atoms with Crippen molar-refractivity contribution in [3.63, 3.8) is 0 Å².